The number of sulfonamides is 2. The van der Waals surface area contributed by atoms with Crippen molar-refractivity contribution >= 4 is 43.2 Å². The van der Waals surface area contributed by atoms with Crippen LogP contribution >= 0.6 is 0 Å². The first kappa shape index (κ1) is 31.8. The molecule has 2 atom stereocenters. The lowest BCUT2D eigenvalue weighted by Crippen LogP contribution is -2.31. The molecule has 3 aromatic carbocycles. The zero-order valence-electron chi connectivity index (χ0n) is 23.8. The van der Waals surface area contributed by atoms with Gasteiger partial charge in [-0.25, -0.2) is 26.3 Å². The third-order valence-corrected chi connectivity index (χ3v) is 10.2. The van der Waals surface area contributed by atoms with Crippen LogP contribution in [0, 0.1) is 0 Å². The monoisotopic (exact) mass is 642 g/mol. The number of anilines is 2. The summed E-state index contributed by atoms with van der Waals surface area (Å²) in [5.74, 6) is -0.872. The number of carbonyl (C=O) groups is 2. The molecule has 0 saturated carbocycles. The lowest BCUT2D eigenvalue weighted by molar-refractivity contribution is 0.101. The Morgan fingerprint density at radius 3 is 1.27 bits per heavy atom. The highest BCUT2D eigenvalue weighted by molar-refractivity contribution is 7.89. The highest BCUT2D eigenvalue weighted by Gasteiger charge is 2.22. The zero-order valence-corrected chi connectivity index (χ0v) is 25.5. The number of ether oxygens (including phenoxy) is 2. The molecular weight excluding hydrogens is 608 g/mol. The highest BCUT2D eigenvalue weighted by Crippen LogP contribution is 2.19. The maximum atomic E-state index is 12.7. The molecule has 234 valence electrons. The number of amides is 2. The molecule has 14 heteroatoms. The Hall–Kier alpha value is -3.66. The highest BCUT2D eigenvalue weighted by atomic mass is 32.2. The van der Waals surface area contributed by atoms with Crippen molar-refractivity contribution in [3.8, 4) is 0 Å². The quantitative estimate of drug-likeness (QED) is 0.234. The molecule has 2 heterocycles. The van der Waals surface area contributed by atoms with Gasteiger partial charge in [-0.2, -0.15) is 0 Å². The second-order valence-electron chi connectivity index (χ2n) is 10.5. The first-order valence-electron chi connectivity index (χ1n) is 14.2. The molecule has 3 aromatic rings. The van der Waals surface area contributed by atoms with E-state index in [2.05, 4.69) is 20.1 Å². The number of benzene rings is 3. The van der Waals surface area contributed by atoms with E-state index in [1.54, 1.807) is 0 Å². The predicted octanol–water partition coefficient (Wildman–Crippen LogP) is 3.11. The van der Waals surface area contributed by atoms with Crippen LogP contribution in [0.2, 0.25) is 0 Å². The van der Waals surface area contributed by atoms with Crippen molar-refractivity contribution < 1.29 is 35.9 Å². The SMILES string of the molecule is O=C(Nc1ccc(S(=O)(=O)NCC2CCCO2)cc1)c1ccc(C(=O)Nc2ccc(S(=O)(=O)NCC3CCCO3)cc2)cc1. The Balaban J connectivity index is 1.12. The number of carbonyl (C=O) groups excluding carboxylic acids is 2. The predicted molar refractivity (Wildman–Crippen MR) is 164 cm³/mol. The smallest absolute Gasteiger partial charge is 0.255 e. The van der Waals surface area contributed by atoms with Gasteiger partial charge in [0.05, 0.1) is 22.0 Å². The first-order chi connectivity index (χ1) is 21.1. The molecule has 44 heavy (non-hydrogen) atoms. The van der Waals surface area contributed by atoms with Gasteiger partial charge in [-0.3, -0.25) is 9.59 Å². The van der Waals surface area contributed by atoms with Crippen molar-refractivity contribution in [2.45, 2.75) is 47.7 Å². The minimum absolute atomic E-state index is 0.0752. The summed E-state index contributed by atoms with van der Waals surface area (Å²) in [6.07, 6.45) is 3.21. The van der Waals surface area contributed by atoms with Gasteiger partial charge in [-0.15, -0.1) is 0 Å². The van der Waals surface area contributed by atoms with Crippen LogP contribution in [0.3, 0.4) is 0 Å². The molecule has 2 fully saturated rings. The van der Waals surface area contributed by atoms with Gasteiger partial charge in [-0.1, -0.05) is 0 Å². The molecule has 5 rings (SSSR count). The summed E-state index contributed by atoms with van der Waals surface area (Å²) in [6, 6.07) is 17.6. The molecule has 0 aliphatic carbocycles. The zero-order chi connectivity index (χ0) is 31.2. The second-order valence-corrected chi connectivity index (χ2v) is 14.0. The van der Waals surface area contributed by atoms with Gasteiger partial charge in [0.2, 0.25) is 20.0 Å². The third kappa shape index (κ3) is 8.28. The summed E-state index contributed by atoms with van der Waals surface area (Å²) in [7, 11) is -7.42. The molecule has 0 radical (unpaired) electrons. The summed E-state index contributed by atoms with van der Waals surface area (Å²) < 4.78 is 66.2. The molecule has 12 nitrogen and oxygen atoms in total. The van der Waals surface area contributed by atoms with E-state index in [0.29, 0.717) is 35.7 Å². The van der Waals surface area contributed by atoms with Crippen molar-refractivity contribution in [1.29, 1.82) is 0 Å². The van der Waals surface area contributed by atoms with E-state index in [0.717, 1.165) is 25.7 Å². The van der Waals surface area contributed by atoms with Crippen LogP contribution in [0.15, 0.2) is 82.6 Å². The van der Waals surface area contributed by atoms with Crippen LogP contribution in [0.4, 0.5) is 11.4 Å². The number of rotatable bonds is 12. The fraction of sp³-hybridized carbons (Fsp3) is 0.333. The van der Waals surface area contributed by atoms with Gasteiger partial charge in [0, 0.05) is 48.8 Å². The summed E-state index contributed by atoms with van der Waals surface area (Å²) in [5, 5.41) is 5.42. The largest absolute Gasteiger partial charge is 0.377 e. The summed E-state index contributed by atoms with van der Waals surface area (Å²) in [6.45, 7) is 1.69. The van der Waals surface area contributed by atoms with Crippen LogP contribution in [0.5, 0.6) is 0 Å². The van der Waals surface area contributed by atoms with E-state index in [-0.39, 0.29) is 35.1 Å². The Bertz CT molecular complexity index is 1540. The molecule has 2 unspecified atom stereocenters. The second kappa shape index (κ2) is 14.0. The molecular formula is C30H34N4O8S2. The topological polar surface area (TPSA) is 169 Å². The first-order valence-corrected chi connectivity index (χ1v) is 17.2. The Labute approximate surface area is 256 Å². The van der Waals surface area contributed by atoms with Gasteiger partial charge in [-0.05, 0) is 98.5 Å². The minimum Gasteiger partial charge on any atom is -0.377 e. The molecule has 0 aromatic heterocycles. The van der Waals surface area contributed by atoms with Gasteiger partial charge in [0.15, 0.2) is 0 Å². The van der Waals surface area contributed by atoms with Crippen molar-refractivity contribution in [2.24, 2.45) is 0 Å². The molecule has 0 spiro atoms. The van der Waals surface area contributed by atoms with E-state index in [1.807, 2.05) is 0 Å². The number of nitrogens with one attached hydrogen (secondary N) is 4. The number of hydrogen-bond donors (Lipinski definition) is 4. The van der Waals surface area contributed by atoms with Crippen LogP contribution in [-0.2, 0) is 29.5 Å². The van der Waals surface area contributed by atoms with E-state index in [1.165, 1.54) is 72.8 Å². The normalized spacial score (nSPS) is 18.6. The molecule has 2 saturated heterocycles. The minimum atomic E-state index is -3.71. The van der Waals surface area contributed by atoms with E-state index in [9.17, 15) is 26.4 Å². The fourth-order valence-corrected chi connectivity index (χ4v) is 6.93. The maximum Gasteiger partial charge on any atom is 0.255 e. The molecule has 0 bridgehead atoms. The van der Waals surface area contributed by atoms with Gasteiger partial charge in [0.1, 0.15) is 0 Å². The van der Waals surface area contributed by atoms with Crippen LogP contribution in [0.1, 0.15) is 46.4 Å². The lowest BCUT2D eigenvalue weighted by Gasteiger charge is -2.12. The summed E-state index contributed by atoms with van der Waals surface area (Å²) in [5.41, 5.74) is 1.40. The Morgan fingerprint density at radius 1 is 0.591 bits per heavy atom. The Kier molecular flexibility index (Phi) is 10.1. The van der Waals surface area contributed by atoms with Crippen molar-refractivity contribution in [3.63, 3.8) is 0 Å². The maximum absolute atomic E-state index is 12.7. The van der Waals surface area contributed by atoms with Crippen LogP contribution < -0.4 is 20.1 Å². The molecule has 2 aliphatic heterocycles. The van der Waals surface area contributed by atoms with Crippen molar-refractivity contribution in [1.82, 2.24) is 9.44 Å². The van der Waals surface area contributed by atoms with Gasteiger partial charge >= 0.3 is 0 Å². The van der Waals surface area contributed by atoms with Gasteiger partial charge < -0.3 is 20.1 Å². The van der Waals surface area contributed by atoms with Gasteiger partial charge in [0.25, 0.3) is 11.8 Å². The number of hydrogen-bond acceptors (Lipinski definition) is 8. The lowest BCUT2D eigenvalue weighted by atomic mass is 10.1. The van der Waals surface area contributed by atoms with Crippen LogP contribution in [0.25, 0.3) is 0 Å². The van der Waals surface area contributed by atoms with E-state index in [4.69, 9.17) is 9.47 Å². The molecule has 2 aliphatic rings. The average Bonchev–Trinajstić information content (AvgIpc) is 3.75. The third-order valence-electron chi connectivity index (χ3n) is 7.30. The molecule has 2 amide bonds. The molecule has 4 N–H and O–H groups in total. The fourth-order valence-electron chi connectivity index (χ4n) is 4.80. The summed E-state index contributed by atoms with van der Waals surface area (Å²) in [4.78, 5) is 25.6. The van der Waals surface area contributed by atoms with E-state index >= 15 is 0 Å². The van der Waals surface area contributed by atoms with Crippen LogP contribution in [-0.4, -0.2) is 67.2 Å². The average molecular weight is 643 g/mol. The van der Waals surface area contributed by atoms with Crippen molar-refractivity contribution in [2.75, 3.05) is 36.9 Å². The van der Waals surface area contributed by atoms with Crippen molar-refractivity contribution in [3.05, 3.63) is 83.9 Å². The Morgan fingerprint density at radius 2 is 0.955 bits per heavy atom. The summed E-state index contributed by atoms with van der Waals surface area (Å²) >= 11 is 0. The standard InChI is InChI=1S/C30H34N4O8S2/c35-29(33-23-9-13-27(14-10-23)43(37,38)31-19-25-3-1-17-41-25)21-5-7-22(8-6-21)30(36)34-24-11-15-28(16-12-24)44(39,40)32-20-26-4-2-18-42-26/h5-16,25-26,31-32H,1-4,17-20H2,(H,33,35)(H,34,36). The van der Waals surface area contributed by atoms with E-state index < -0.39 is 31.9 Å².